The predicted octanol–water partition coefficient (Wildman–Crippen LogP) is 2.41. The number of nitrogens with one attached hydrogen (secondary N) is 1. The fourth-order valence-corrected chi connectivity index (χ4v) is 2.30. The number of rotatable bonds is 3. The highest BCUT2D eigenvalue weighted by Gasteiger charge is 2.07. The molecule has 0 amide bonds. The molecule has 100 valence electrons. The van der Waals surface area contributed by atoms with Gasteiger partial charge < -0.3 is 10.1 Å². The van der Waals surface area contributed by atoms with Gasteiger partial charge in [-0.15, -0.1) is 0 Å². The molecule has 3 rings (SSSR count). The summed E-state index contributed by atoms with van der Waals surface area (Å²) in [6.45, 7) is 0. The molecule has 0 saturated carbocycles. The van der Waals surface area contributed by atoms with E-state index in [9.17, 15) is 9.90 Å². The van der Waals surface area contributed by atoms with Crippen molar-refractivity contribution in [3.05, 3.63) is 70.3 Å². The Kier molecular flexibility index (Phi) is 3.21. The molecular weight excluding hydrogens is 252 g/mol. The molecule has 0 fully saturated rings. The normalized spacial score (nSPS) is 10.8. The molecular formula is C16H14N2O2. The molecule has 0 bridgehead atoms. The third kappa shape index (κ3) is 2.40. The molecule has 0 saturated heterocycles. The standard InChI is InChI=1S/C16H14N2O2/c19-14-9-12(7-6-11-4-2-1-3-5-11)8-13-15(14)17-10-18-16(13)20/h1-5,8-10,19H,6-7H2,(H,17,18,20). The van der Waals surface area contributed by atoms with Gasteiger partial charge in [-0.05, 0) is 36.1 Å². The van der Waals surface area contributed by atoms with Gasteiger partial charge in [0.25, 0.3) is 5.56 Å². The molecule has 0 radical (unpaired) electrons. The molecule has 0 aliphatic heterocycles. The first-order chi connectivity index (χ1) is 9.74. The van der Waals surface area contributed by atoms with Crippen molar-refractivity contribution in [2.45, 2.75) is 12.8 Å². The lowest BCUT2D eigenvalue weighted by Gasteiger charge is -2.05. The zero-order valence-electron chi connectivity index (χ0n) is 10.8. The Morgan fingerprint density at radius 2 is 1.80 bits per heavy atom. The van der Waals surface area contributed by atoms with Crippen LogP contribution in [0.25, 0.3) is 10.9 Å². The van der Waals surface area contributed by atoms with E-state index in [0.29, 0.717) is 10.9 Å². The van der Waals surface area contributed by atoms with Crippen LogP contribution in [0.15, 0.2) is 53.6 Å². The van der Waals surface area contributed by atoms with E-state index in [4.69, 9.17) is 0 Å². The van der Waals surface area contributed by atoms with Crippen LogP contribution in [0.5, 0.6) is 5.75 Å². The van der Waals surface area contributed by atoms with Gasteiger partial charge in [-0.25, -0.2) is 4.98 Å². The smallest absolute Gasteiger partial charge is 0.258 e. The number of benzene rings is 2. The highest BCUT2D eigenvalue weighted by Crippen LogP contribution is 2.22. The number of aromatic amines is 1. The largest absolute Gasteiger partial charge is 0.506 e. The number of phenols is 1. The highest BCUT2D eigenvalue weighted by molar-refractivity contribution is 5.83. The van der Waals surface area contributed by atoms with Crippen molar-refractivity contribution >= 4 is 10.9 Å². The first kappa shape index (κ1) is 12.4. The van der Waals surface area contributed by atoms with Crippen LogP contribution in [0.1, 0.15) is 11.1 Å². The number of H-pyrrole nitrogens is 1. The number of nitrogens with zero attached hydrogens (tertiary/aromatic N) is 1. The van der Waals surface area contributed by atoms with E-state index in [1.165, 1.54) is 11.9 Å². The van der Waals surface area contributed by atoms with E-state index in [0.717, 1.165) is 18.4 Å². The molecule has 3 aromatic rings. The number of fused-ring (bicyclic) bond motifs is 1. The molecule has 4 heteroatoms. The second-order valence-electron chi connectivity index (χ2n) is 4.73. The second-order valence-corrected chi connectivity index (χ2v) is 4.73. The molecule has 0 spiro atoms. The van der Waals surface area contributed by atoms with E-state index in [1.807, 2.05) is 18.2 Å². The van der Waals surface area contributed by atoms with Crippen LogP contribution in [-0.4, -0.2) is 15.1 Å². The number of aromatic hydroxyl groups is 1. The summed E-state index contributed by atoms with van der Waals surface area (Å²) in [6.07, 6.45) is 2.93. The lowest BCUT2D eigenvalue weighted by molar-refractivity contribution is 0.479. The van der Waals surface area contributed by atoms with Gasteiger partial charge in [-0.2, -0.15) is 0 Å². The zero-order valence-corrected chi connectivity index (χ0v) is 10.8. The van der Waals surface area contributed by atoms with E-state index in [-0.39, 0.29) is 11.3 Å². The van der Waals surface area contributed by atoms with Crippen LogP contribution in [0.3, 0.4) is 0 Å². The van der Waals surface area contributed by atoms with Crippen molar-refractivity contribution in [2.75, 3.05) is 0 Å². The van der Waals surface area contributed by atoms with Gasteiger partial charge in [-0.1, -0.05) is 30.3 Å². The van der Waals surface area contributed by atoms with E-state index in [1.54, 1.807) is 12.1 Å². The maximum Gasteiger partial charge on any atom is 0.258 e. The van der Waals surface area contributed by atoms with Crippen molar-refractivity contribution in [1.82, 2.24) is 9.97 Å². The van der Waals surface area contributed by atoms with E-state index in [2.05, 4.69) is 22.1 Å². The van der Waals surface area contributed by atoms with Gasteiger partial charge in [0.05, 0.1) is 11.7 Å². The molecule has 1 aromatic heterocycles. The number of hydrogen-bond acceptors (Lipinski definition) is 3. The molecule has 2 N–H and O–H groups in total. The molecule has 1 heterocycles. The minimum absolute atomic E-state index is 0.0525. The fraction of sp³-hybridized carbons (Fsp3) is 0.125. The predicted molar refractivity (Wildman–Crippen MR) is 77.9 cm³/mol. The Hall–Kier alpha value is -2.62. The Bertz CT molecular complexity index is 794. The van der Waals surface area contributed by atoms with Crippen molar-refractivity contribution in [2.24, 2.45) is 0 Å². The van der Waals surface area contributed by atoms with Crippen molar-refractivity contribution in [3.63, 3.8) is 0 Å². The number of aryl methyl sites for hydroxylation is 2. The summed E-state index contributed by atoms with van der Waals surface area (Å²) in [5.41, 5.74) is 2.27. The second kappa shape index (κ2) is 5.17. The molecule has 2 aromatic carbocycles. The first-order valence-electron chi connectivity index (χ1n) is 6.47. The minimum Gasteiger partial charge on any atom is -0.506 e. The average Bonchev–Trinajstić information content (AvgIpc) is 2.47. The topological polar surface area (TPSA) is 66.0 Å². The number of aromatic nitrogens is 2. The van der Waals surface area contributed by atoms with E-state index >= 15 is 0 Å². The van der Waals surface area contributed by atoms with E-state index < -0.39 is 0 Å². The minimum atomic E-state index is -0.230. The van der Waals surface area contributed by atoms with Crippen LogP contribution >= 0.6 is 0 Å². The molecule has 4 nitrogen and oxygen atoms in total. The van der Waals surface area contributed by atoms with Gasteiger partial charge in [0.1, 0.15) is 11.3 Å². The van der Waals surface area contributed by atoms with Crippen molar-refractivity contribution in [1.29, 1.82) is 0 Å². The Morgan fingerprint density at radius 1 is 1.05 bits per heavy atom. The maximum absolute atomic E-state index is 11.8. The Labute approximate surface area is 115 Å². The van der Waals surface area contributed by atoms with Gasteiger partial charge in [0, 0.05) is 0 Å². The van der Waals surface area contributed by atoms with Gasteiger partial charge in [0.2, 0.25) is 0 Å². The summed E-state index contributed by atoms with van der Waals surface area (Å²) in [5.74, 6) is 0.0525. The molecule has 0 aliphatic carbocycles. The third-order valence-electron chi connectivity index (χ3n) is 3.33. The SMILES string of the molecule is O=c1[nH]cnc2c(O)cc(CCc3ccccc3)cc12. The van der Waals surface area contributed by atoms with Crippen molar-refractivity contribution in [3.8, 4) is 5.75 Å². The Balaban J connectivity index is 1.93. The number of hydrogen-bond donors (Lipinski definition) is 2. The maximum atomic E-state index is 11.8. The number of phenolic OH excluding ortho intramolecular Hbond substituents is 1. The summed E-state index contributed by atoms with van der Waals surface area (Å²) in [7, 11) is 0. The molecule has 0 atom stereocenters. The highest BCUT2D eigenvalue weighted by atomic mass is 16.3. The van der Waals surface area contributed by atoms with Crippen LogP contribution < -0.4 is 5.56 Å². The summed E-state index contributed by atoms with van der Waals surface area (Å²) in [6, 6.07) is 13.6. The quantitative estimate of drug-likeness (QED) is 0.765. The molecule has 0 unspecified atom stereocenters. The van der Waals surface area contributed by atoms with Gasteiger partial charge >= 0.3 is 0 Å². The van der Waals surface area contributed by atoms with Gasteiger partial charge in [0.15, 0.2) is 0 Å². The lowest BCUT2D eigenvalue weighted by Crippen LogP contribution is -2.07. The lowest BCUT2D eigenvalue weighted by atomic mass is 10.0. The van der Waals surface area contributed by atoms with Crippen LogP contribution in [0.4, 0.5) is 0 Å². The summed E-state index contributed by atoms with van der Waals surface area (Å²) < 4.78 is 0. The van der Waals surface area contributed by atoms with Crippen LogP contribution in [-0.2, 0) is 12.8 Å². The van der Waals surface area contributed by atoms with Crippen molar-refractivity contribution < 1.29 is 5.11 Å². The van der Waals surface area contributed by atoms with Crippen LogP contribution in [0.2, 0.25) is 0 Å². The Morgan fingerprint density at radius 3 is 2.60 bits per heavy atom. The third-order valence-corrected chi connectivity index (χ3v) is 3.33. The summed E-state index contributed by atoms with van der Waals surface area (Å²) in [5, 5.41) is 10.4. The summed E-state index contributed by atoms with van der Waals surface area (Å²) in [4.78, 5) is 18.3. The van der Waals surface area contributed by atoms with Crippen LogP contribution in [0, 0.1) is 0 Å². The zero-order chi connectivity index (χ0) is 13.9. The molecule has 0 aliphatic rings. The molecule has 20 heavy (non-hydrogen) atoms. The monoisotopic (exact) mass is 266 g/mol. The summed E-state index contributed by atoms with van der Waals surface area (Å²) >= 11 is 0. The van der Waals surface area contributed by atoms with Gasteiger partial charge in [-0.3, -0.25) is 4.79 Å². The first-order valence-corrected chi connectivity index (χ1v) is 6.47. The fourth-order valence-electron chi connectivity index (χ4n) is 2.30. The average molecular weight is 266 g/mol.